The minimum atomic E-state index is -4.06. The van der Waals surface area contributed by atoms with Gasteiger partial charge in [-0.15, -0.1) is 0 Å². The topological polar surface area (TPSA) is 110 Å². The van der Waals surface area contributed by atoms with E-state index in [0.717, 1.165) is 0 Å². The number of carbonyl (C=O) groups excluding carboxylic acids is 1. The number of carbonyl (C=O) groups is 2. The van der Waals surface area contributed by atoms with Crippen LogP contribution in [-0.4, -0.2) is 38.4 Å². The van der Waals surface area contributed by atoms with Gasteiger partial charge < -0.3 is 9.84 Å². The molecule has 0 aromatic heterocycles. The molecular weight excluding hydrogens is 322 g/mol. The Kier molecular flexibility index (Phi) is 5.90. The van der Waals surface area contributed by atoms with Crippen LogP contribution in [0.3, 0.4) is 0 Å². The molecule has 1 unspecified atom stereocenters. The molecule has 1 aromatic carbocycles. The number of benzene rings is 1. The quantitative estimate of drug-likeness (QED) is 0.775. The van der Waals surface area contributed by atoms with E-state index in [1.54, 1.807) is 20.8 Å². The molecule has 0 aliphatic carbocycles. The Hall–Kier alpha value is -1.93. The van der Waals surface area contributed by atoms with Gasteiger partial charge in [0.05, 0.1) is 12.0 Å². The molecule has 8 heteroatoms. The molecular formula is C15H21NO6S. The summed E-state index contributed by atoms with van der Waals surface area (Å²) in [5.41, 5.74) is -0.751. The van der Waals surface area contributed by atoms with E-state index in [1.807, 2.05) is 0 Å². The first kappa shape index (κ1) is 19.1. The van der Waals surface area contributed by atoms with E-state index < -0.39 is 33.9 Å². The van der Waals surface area contributed by atoms with E-state index in [9.17, 15) is 23.1 Å². The van der Waals surface area contributed by atoms with Gasteiger partial charge in [-0.3, -0.25) is 9.59 Å². The van der Waals surface area contributed by atoms with Gasteiger partial charge in [-0.05, 0) is 24.3 Å². The molecule has 1 rings (SSSR count). The predicted molar refractivity (Wildman–Crippen MR) is 83.8 cm³/mol. The second-order valence-electron chi connectivity index (χ2n) is 6.06. The largest absolute Gasteiger partial charge is 0.497 e. The Morgan fingerprint density at radius 2 is 1.74 bits per heavy atom. The van der Waals surface area contributed by atoms with Crippen LogP contribution >= 0.6 is 0 Å². The molecule has 0 amide bonds. The van der Waals surface area contributed by atoms with Crippen LogP contribution < -0.4 is 9.46 Å². The number of ether oxygens (including phenoxy) is 1. The van der Waals surface area contributed by atoms with Crippen LogP contribution in [-0.2, 0) is 19.6 Å². The average molecular weight is 343 g/mol. The highest BCUT2D eigenvalue weighted by atomic mass is 32.2. The van der Waals surface area contributed by atoms with Crippen molar-refractivity contribution in [3.63, 3.8) is 0 Å². The first-order valence-electron chi connectivity index (χ1n) is 6.90. The number of Topliss-reactive ketones (excluding diaryl/α,β-unsaturated/α-hetero) is 1. The van der Waals surface area contributed by atoms with Gasteiger partial charge in [0, 0.05) is 11.8 Å². The number of nitrogens with one attached hydrogen (secondary N) is 1. The van der Waals surface area contributed by atoms with Crippen LogP contribution in [0.15, 0.2) is 29.2 Å². The lowest BCUT2D eigenvalue weighted by atomic mass is 9.87. The van der Waals surface area contributed by atoms with E-state index in [-0.39, 0.29) is 10.7 Å². The summed E-state index contributed by atoms with van der Waals surface area (Å²) >= 11 is 0. The molecule has 2 N–H and O–H groups in total. The van der Waals surface area contributed by atoms with Crippen molar-refractivity contribution in [1.29, 1.82) is 0 Å². The lowest BCUT2D eigenvalue weighted by molar-refractivity contribution is -0.141. The Labute approximate surface area is 135 Å². The van der Waals surface area contributed by atoms with E-state index in [2.05, 4.69) is 4.72 Å². The molecule has 23 heavy (non-hydrogen) atoms. The van der Waals surface area contributed by atoms with Gasteiger partial charge in [0.1, 0.15) is 17.6 Å². The lowest BCUT2D eigenvalue weighted by Gasteiger charge is -2.20. The molecule has 128 valence electrons. The zero-order valence-corrected chi connectivity index (χ0v) is 14.3. The predicted octanol–water partition coefficient (Wildman–Crippen LogP) is 1.43. The van der Waals surface area contributed by atoms with Gasteiger partial charge in [0.25, 0.3) is 0 Å². The van der Waals surface area contributed by atoms with Gasteiger partial charge in [0.2, 0.25) is 10.0 Å². The first-order valence-corrected chi connectivity index (χ1v) is 8.38. The summed E-state index contributed by atoms with van der Waals surface area (Å²) in [6.45, 7) is 4.94. The summed E-state index contributed by atoms with van der Waals surface area (Å²) in [4.78, 5) is 23.1. The monoisotopic (exact) mass is 343 g/mol. The zero-order chi connectivity index (χ0) is 17.8. The van der Waals surface area contributed by atoms with E-state index in [4.69, 9.17) is 4.74 Å². The molecule has 1 aromatic rings. The summed E-state index contributed by atoms with van der Waals surface area (Å²) in [7, 11) is -2.61. The number of rotatable bonds is 7. The van der Waals surface area contributed by atoms with Crippen LogP contribution in [0.5, 0.6) is 5.75 Å². The molecule has 0 radical (unpaired) electrons. The Bertz CT molecular complexity index is 673. The molecule has 0 bridgehead atoms. The molecule has 1 atom stereocenters. The van der Waals surface area contributed by atoms with Crippen molar-refractivity contribution in [1.82, 2.24) is 4.72 Å². The molecule has 7 nitrogen and oxygen atoms in total. The van der Waals surface area contributed by atoms with Crippen molar-refractivity contribution < 1.29 is 27.9 Å². The third kappa shape index (κ3) is 5.33. The van der Waals surface area contributed by atoms with Gasteiger partial charge >= 0.3 is 5.97 Å². The number of carboxylic acid groups (broad SMARTS) is 1. The third-order valence-corrected chi connectivity index (χ3v) is 4.68. The Morgan fingerprint density at radius 1 is 1.22 bits per heavy atom. The van der Waals surface area contributed by atoms with Gasteiger partial charge in [0.15, 0.2) is 0 Å². The highest BCUT2D eigenvalue weighted by molar-refractivity contribution is 7.89. The van der Waals surface area contributed by atoms with Crippen molar-refractivity contribution in [3.05, 3.63) is 24.3 Å². The fourth-order valence-electron chi connectivity index (χ4n) is 1.68. The average Bonchev–Trinajstić information content (AvgIpc) is 2.45. The molecule has 0 aliphatic rings. The van der Waals surface area contributed by atoms with E-state index >= 15 is 0 Å². The summed E-state index contributed by atoms with van der Waals surface area (Å²) in [6.07, 6.45) is -0.422. The van der Waals surface area contributed by atoms with Gasteiger partial charge in [-0.2, -0.15) is 4.72 Å². The molecule has 0 saturated carbocycles. The summed E-state index contributed by atoms with van der Waals surface area (Å²) < 4.78 is 31.5. The number of hydrogen-bond acceptors (Lipinski definition) is 5. The summed E-state index contributed by atoms with van der Waals surface area (Å²) in [6, 6.07) is 3.97. The molecule has 0 fully saturated rings. The summed E-state index contributed by atoms with van der Waals surface area (Å²) in [5, 5.41) is 9.18. The fraction of sp³-hybridized carbons (Fsp3) is 0.467. The van der Waals surface area contributed by atoms with Crippen molar-refractivity contribution in [2.75, 3.05) is 7.11 Å². The van der Waals surface area contributed by atoms with Crippen molar-refractivity contribution in [3.8, 4) is 5.75 Å². The lowest BCUT2D eigenvalue weighted by Crippen LogP contribution is -2.43. The Morgan fingerprint density at radius 3 is 2.13 bits per heavy atom. The number of ketones is 1. The normalized spacial score (nSPS) is 13.4. The zero-order valence-electron chi connectivity index (χ0n) is 13.5. The highest BCUT2D eigenvalue weighted by Gasteiger charge is 2.31. The number of hydrogen-bond donors (Lipinski definition) is 2. The minimum Gasteiger partial charge on any atom is -0.497 e. The van der Waals surface area contributed by atoms with Crippen molar-refractivity contribution in [2.45, 2.75) is 38.1 Å². The van der Waals surface area contributed by atoms with Crippen LogP contribution in [0.25, 0.3) is 0 Å². The number of carboxylic acids is 1. The van der Waals surface area contributed by atoms with Crippen LogP contribution in [0, 0.1) is 5.41 Å². The smallest absolute Gasteiger partial charge is 0.322 e. The maximum atomic E-state index is 12.3. The van der Waals surface area contributed by atoms with Crippen LogP contribution in [0.1, 0.15) is 27.2 Å². The second kappa shape index (κ2) is 7.10. The Balaban J connectivity index is 2.98. The van der Waals surface area contributed by atoms with Crippen LogP contribution in [0.2, 0.25) is 0 Å². The van der Waals surface area contributed by atoms with Crippen molar-refractivity contribution >= 4 is 21.8 Å². The number of methoxy groups -OCH3 is 1. The third-order valence-electron chi connectivity index (χ3n) is 3.19. The fourth-order valence-corrected chi connectivity index (χ4v) is 2.87. The standard InChI is InChI=1S/C15H21NO6S/c1-15(2,3)13(17)9-12(14(18)19)16-23(20,21)11-7-5-10(22-4)6-8-11/h5-8,12,16H,9H2,1-4H3,(H,18,19). The van der Waals surface area contributed by atoms with E-state index in [1.165, 1.54) is 31.4 Å². The number of sulfonamides is 1. The van der Waals surface area contributed by atoms with Crippen molar-refractivity contribution in [2.24, 2.45) is 5.41 Å². The van der Waals surface area contributed by atoms with Gasteiger partial charge in [-0.25, -0.2) is 8.42 Å². The molecule has 0 saturated heterocycles. The van der Waals surface area contributed by atoms with E-state index in [0.29, 0.717) is 5.75 Å². The molecule has 0 aliphatic heterocycles. The van der Waals surface area contributed by atoms with Crippen LogP contribution in [0.4, 0.5) is 0 Å². The number of aliphatic carboxylic acids is 1. The highest BCUT2D eigenvalue weighted by Crippen LogP contribution is 2.20. The SMILES string of the molecule is COc1ccc(S(=O)(=O)NC(CC(=O)C(C)(C)C)C(=O)O)cc1. The first-order chi connectivity index (χ1) is 10.5. The second-order valence-corrected chi connectivity index (χ2v) is 7.78. The maximum absolute atomic E-state index is 12.3. The molecule has 0 heterocycles. The van der Waals surface area contributed by atoms with Gasteiger partial charge in [-0.1, -0.05) is 20.8 Å². The molecule has 0 spiro atoms. The summed E-state index contributed by atoms with van der Waals surface area (Å²) in [5.74, 6) is -1.27. The maximum Gasteiger partial charge on any atom is 0.322 e. The minimum absolute atomic E-state index is 0.104.